The molecule has 0 radical (unpaired) electrons. The highest BCUT2D eigenvalue weighted by Gasteiger charge is 2.19. The first kappa shape index (κ1) is 12.8. The van der Waals surface area contributed by atoms with E-state index in [1.54, 1.807) is 0 Å². The summed E-state index contributed by atoms with van der Waals surface area (Å²) in [7, 11) is 0. The van der Waals surface area contributed by atoms with Crippen LogP contribution in [0.2, 0.25) is 0 Å². The van der Waals surface area contributed by atoms with Crippen LogP contribution < -0.4 is 0 Å². The zero-order valence-corrected chi connectivity index (χ0v) is 10.7. The largest absolute Gasteiger partial charge is 0.478 e. The molecule has 1 N–H and O–H groups in total. The zero-order valence-electron chi connectivity index (χ0n) is 10.7. The van der Waals surface area contributed by atoms with Crippen LogP contribution in [0.1, 0.15) is 66.6 Å². The lowest BCUT2D eigenvalue weighted by molar-refractivity contribution is 0.0693. The Hall–Kier alpha value is -1.31. The lowest BCUT2D eigenvalue weighted by Crippen LogP contribution is -2.10. The molecule has 0 unspecified atom stereocenters. The van der Waals surface area contributed by atoms with Crippen molar-refractivity contribution < 1.29 is 9.90 Å². The molecule has 2 nitrogen and oxygen atoms in total. The first-order valence-electron chi connectivity index (χ1n) is 5.72. The predicted octanol–water partition coefficient (Wildman–Crippen LogP) is 3.94. The number of aromatic carboxylic acids is 1. The second-order valence-corrected chi connectivity index (χ2v) is 4.93. The Balaban J connectivity index is 3.54. The number of carbonyl (C=O) groups is 1. The molecule has 0 aromatic heterocycles. The van der Waals surface area contributed by atoms with E-state index in [0.717, 1.165) is 16.7 Å². The molecule has 0 saturated heterocycles. The van der Waals surface area contributed by atoms with Crippen molar-refractivity contribution in [3.8, 4) is 0 Å². The van der Waals surface area contributed by atoms with Gasteiger partial charge < -0.3 is 5.11 Å². The number of hydrogen-bond donors (Lipinski definition) is 1. The first-order chi connectivity index (χ1) is 7.34. The Bertz CT molecular complexity index is 374. The van der Waals surface area contributed by atoms with Crippen molar-refractivity contribution in [2.75, 3.05) is 0 Å². The molecule has 0 amide bonds. The lowest BCUT2D eigenvalue weighted by Gasteiger charge is -2.17. The van der Waals surface area contributed by atoms with Crippen molar-refractivity contribution in [2.24, 2.45) is 0 Å². The molecule has 2 heteroatoms. The van der Waals surface area contributed by atoms with E-state index in [1.165, 1.54) is 0 Å². The number of aryl methyl sites for hydroxylation is 1. The predicted molar refractivity (Wildman–Crippen MR) is 66.3 cm³/mol. The van der Waals surface area contributed by atoms with Gasteiger partial charge in [0, 0.05) is 0 Å². The van der Waals surface area contributed by atoms with E-state index in [-0.39, 0.29) is 11.8 Å². The molecular weight excluding hydrogens is 200 g/mol. The average molecular weight is 220 g/mol. The smallest absolute Gasteiger partial charge is 0.336 e. The van der Waals surface area contributed by atoms with Gasteiger partial charge in [-0.1, -0.05) is 45.4 Å². The van der Waals surface area contributed by atoms with E-state index in [2.05, 4.69) is 0 Å². The summed E-state index contributed by atoms with van der Waals surface area (Å²) in [6, 6.07) is 3.97. The maximum absolute atomic E-state index is 11.4. The van der Waals surface area contributed by atoms with E-state index in [1.807, 2.05) is 46.8 Å². The summed E-state index contributed by atoms with van der Waals surface area (Å²) >= 11 is 0. The quantitative estimate of drug-likeness (QED) is 0.837. The summed E-state index contributed by atoms with van der Waals surface area (Å²) in [4.78, 5) is 11.4. The van der Waals surface area contributed by atoms with Gasteiger partial charge in [0.15, 0.2) is 0 Å². The van der Waals surface area contributed by atoms with Crippen molar-refractivity contribution >= 4 is 5.97 Å². The van der Waals surface area contributed by atoms with E-state index in [9.17, 15) is 9.90 Å². The van der Waals surface area contributed by atoms with Gasteiger partial charge in [0.2, 0.25) is 0 Å². The maximum Gasteiger partial charge on any atom is 0.336 e. The summed E-state index contributed by atoms with van der Waals surface area (Å²) in [5.74, 6) is -0.334. The van der Waals surface area contributed by atoms with Gasteiger partial charge in [0.05, 0.1) is 5.56 Å². The summed E-state index contributed by atoms with van der Waals surface area (Å²) < 4.78 is 0. The molecule has 0 aliphatic heterocycles. The van der Waals surface area contributed by atoms with E-state index in [4.69, 9.17) is 0 Å². The van der Waals surface area contributed by atoms with E-state index in [0.29, 0.717) is 5.56 Å². The molecule has 1 aromatic rings. The normalized spacial score (nSPS) is 11.2. The van der Waals surface area contributed by atoms with Crippen LogP contribution in [0.3, 0.4) is 0 Å². The van der Waals surface area contributed by atoms with E-state index >= 15 is 0 Å². The molecule has 1 aromatic carbocycles. The molecule has 0 saturated carbocycles. The average Bonchev–Trinajstić information content (AvgIpc) is 2.15. The molecule has 16 heavy (non-hydrogen) atoms. The van der Waals surface area contributed by atoms with Gasteiger partial charge in [0.25, 0.3) is 0 Å². The minimum atomic E-state index is -0.813. The van der Waals surface area contributed by atoms with Gasteiger partial charge in [-0.15, -0.1) is 0 Å². The van der Waals surface area contributed by atoms with Crippen LogP contribution in [0, 0.1) is 6.92 Å². The first-order valence-corrected chi connectivity index (χ1v) is 5.72. The van der Waals surface area contributed by atoms with Crippen LogP contribution >= 0.6 is 0 Å². The molecular formula is C14H20O2. The third-order valence-electron chi connectivity index (χ3n) is 2.80. The molecule has 0 heterocycles. The molecule has 0 atom stereocenters. The Morgan fingerprint density at radius 2 is 1.44 bits per heavy atom. The maximum atomic E-state index is 11.4. The van der Waals surface area contributed by atoms with Crippen molar-refractivity contribution in [3.63, 3.8) is 0 Å². The fourth-order valence-corrected chi connectivity index (χ4v) is 2.00. The third kappa shape index (κ3) is 2.43. The summed E-state index contributed by atoms with van der Waals surface area (Å²) in [6.45, 7) is 10.1. The van der Waals surface area contributed by atoms with Crippen molar-refractivity contribution in [3.05, 3.63) is 34.4 Å². The topological polar surface area (TPSA) is 37.3 Å². The van der Waals surface area contributed by atoms with Gasteiger partial charge >= 0.3 is 5.97 Å². The summed E-state index contributed by atoms with van der Waals surface area (Å²) in [6.07, 6.45) is 0. The highest BCUT2D eigenvalue weighted by atomic mass is 16.4. The van der Waals surface area contributed by atoms with Gasteiger partial charge in [-0.05, 0) is 29.9 Å². The number of hydrogen-bond acceptors (Lipinski definition) is 1. The molecule has 0 spiro atoms. The van der Waals surface area contributed by atoms with Crippen LogP contribution in [-0.2, 0) is 0 Å². The third-order valence-corrected chi connectivity index (χ3v) is 2.80. The molecule has 0 aliphatic rings. The lowest BCUT2D eigenvalue weighted by atomic mass is 9.87. The Morgan fingerprint density at radius 1 is 1.06 bits per heavy atom. The minimum absolute atomic E-state index is 0.239. The highest BCUT2D eigenvalue weighted by molar-refractivity contribution is 5.91. The van der Waals surface area contributed by atoms with Gasteiger partial charge in [-0.2, -0.15) is 0 Å². The molecule has 0 fully saturated rings. The zero-order chi connectivity index (χ0) is 12.5. The monoisotopic (exact) mass is 220 g/mol. The number of carboxylic acid groups (broad SMARTS) is 1. The fourth-order valence-electron chi connectivity index (χ4n) is 2.00. The van der Waals surface area contributed by atoms with Gasteiger partial charge in [-0.3, -0.25) is 0 Å². The Kier molecular flexibility index (Phi) is 3.74. The standard InChI is InChI=1S/C14H20O2/c1-8(2)11-6-10(5)7-12(9(3)4)13(11)14(15)16/h6-9H,1-5H3,(H,15,16). The molecule has 1 rings (SSSR count). The van der Waals surface area contributed by atoms with Crippen LogP contribution in [0.15, 0.2) is 12.1 Å². The van der Waals surface area contributed by atoms with Crippen molar-refractivity contribution in [1.29, 1.82) is 0 Å². The van der Waals surface area contributed by atoms with Crippen molar-refractivity contribution in [2.45, 2.75) is 46.5 Å². The molecule has 0 aliphatic carbocycles. The second-order valence-electron chi connectivity index (χ2n) is 4.93. The number of rotatable bonds is 3. The fraction of sp³-hybridized carbons (Fsp3) is 0.500. The SMILES string of the molecule is Cc1cc(C(C)C)c(C(=O)O)c(C(C)C)c1. The van der Waals surface area contributed by atoms with Gasteiger partial charge in [0.1, 0.15) is 0 Å². The summed E-state index contributed by atoms with van der Waals surface area (Å²) in [5, 5.41) is 9.34. The van der Waals surface area contributed by atoms with Crippen LogP contribution in [0.25, 0.3) is 0 Å². The molecule has 88 valence electrons. The Labute approximate surface area is 97.3 Å². The highest BCUT2D eigenvalue weighted by Crippen LogP contribution is 2.29. The molecule has 0 bridgehead atoms. The van der Waals surface area contributed by atoms with Crippen LogP contribution in [0.5, 0.6) is 0 Å². The minimum Gasteiger partial charge on any atom is -0.478 e. The van der Waals surface area contributed by atoms with Crippen molar-refractivity contribution in [1.82, 2.24) is 0 Å². The number of carboxylic acids is 1. The van der Waals surface area contributed by atoms with E-state index < -0.39 is 5.97 Å². The van der Waals surface area contributed by atoms with Crippen LogP contribution in [-0.4, -0.2) is 11.1 Å². The van der Waals surface area contributed by atoms with Gasteiger partial charge in [-0.25, -0.2) is 4.79 Å². The number of benzene rings is 1. The Morgan fingerprint density at radius 3 is 1.69 bits per heavy atom. The summed E-state index contributed by atoms with van der Waals surface area (Å²) in [5.41, 5.74) is 3.51. The van der Waals surface area contributed by atoms with Crippen LogP contribution in [0.4, 0.5) is 0 Å². The second kappa shape index (κ2) is 4.69.